The Bertz CT molecular complexity index is 994. The number of para-hydroxylation sites is 1. The van der Waals surface area contributed by atoms with Gasteiger partial charge in [-0.2, -0.15) is 18.6 Å². The number of hydrogen-bond donors (Lipinski definition) is 1. The van der Waals surface area contributed by atoms with Crippen LogP contribution in [0.5, 0.6) is 0 Å². The Morgan fingerprint density at radius 1 is 1.00 bits per heavy atom. The van der Waals surface area contributed by atoms with Crippen molar-refractivity contribution in [1.29, 1.82) is 0 Å². The van der Waals surface area contributed by atoms with Gasteiger partial charge in [-0.3, -0.25) is 0 Å². The van der Waals surface area contributed by atoms with Crippen molar-refractivity contribution in [3.63, 3.8) is 0 Å². The van der Waals surface area contributed by atoms with E-state index in [4.69, 9.17) is 0 Å². The number of aromatic nitrogens is 2. The smallest absolute Gasteiger partial charge is 0.237 e. The maximum Gasteiger partial charge on any atom is 0.276 e. The number of hydrazone groups is 1. The first kappa shape index (κ1) is 16.9. The van der Waals surface area contributed by atoms with Gasteiger partial charge in [-0.15, -0.1) is 0 Å². The van der Waals surface area contributed by atoms with Gasteiger partial charge in [-0.25, -0.2) is 9.51 Å². The van der Waals surface area contributed by atoms with Gasteiger partial charge in [0, 0.05) is 5.56 Å². The molecular formula is C18H18N4O2S. The van der Waals surface area contributed by atoms with Gasteiger partial charge >= 0.3 is 0 Å². The topological polar surface area (TPSA) is 76.3 Å². The zero-order valence-corrected chi connectivity index (χ0v) is 14.7. The Hall–Kier alpha value is -2.93. The van der Waals surface area contributed by atoms with E-state index in [0.29, 0.717) is 0 Å². The molecule has 6 nitrogen and oxygen atoms in total. The Balaban J connectivity index is 1.84. The predicted octanol–water partition coefficient (Wildman–Crippen LogP) is 2.80. The molecular weight excluding hydrogens is 336 g/mol. The van der Waals surface area contributed by atoms with Crippen LogP contribution >= 0.6 is 0 Å². The largest absolute Gasteiger partial charge is 0.276 e. The summed E-state index contributed by atoms with van der Waals surface area (Å²) < 4.78 is 26.2. The highest BCUT2D eigenvalue weighted by Gasteiger charge is 2.13. The molecule has 0 radical (unpaired) electrons. The minimum atomic E-state index is -3.68. The molecule has 0 aliphatic heterocycles. The molecule has 128 valence electrons. The van der Waals surface area contributed by atoms with Crippen molar-refractivity contribution >= 4 is 16.2 Å². The van der Waals surface area contributed by atoms with Crippen molar-refractivity contribution in [2.45, 2.75) is 18.7 Å². The first-order chi connectivity index (χ1) is 12.0. The minimum absolute atomic E-state index is 0.167. The van der Waals surface area contributed by atoms with Gasteiger partial charge in [-0.1, -0.05) is 36.4 Å². The van der Waals surface area contributed by atoms with Crippen LogP contribution in [0.15, 0.2) is 70.7 Å². The molecule has 0 saturated heterocycles. The molecule has 0 aliphatic carbocycles. The van der Waals surface area contributed by atoms with Crippen LogP contribution in [-0.4, -0.2) is 24.4 Å². The van der Waals surface area contributed by atoms with Gasteiger partial charge in [0.25, 0.3) is 10.0 Å². The second kappa shape index (κ2) is 6.90. The van der Waals surface area contributed by atoms with E-state index >= 15 is 0 Å². The summed E-state index contributed by atoms with van der Waals surface area (Å²) in [6.45, 7) is 3.78. The fraction of sp³-hybridized carbons (Fsp3) is 0.111. The van der Waals surface area contributed by atoms with Crippen molar-refractivity contribution in [2.24, 2.45) is 5.10 Å². The molecule has 1 heterocycles. The average Bonchev–Trinajstić information content (AvgIpc) is 2.91. The summed E-state index contributed by atoms with van der Waals surface area (Å²) in [4.78, 5) is 2.40. The molecule has 0 spiro atoms. The molecule has 0 unspecified atom stereocenters. The molecule has 0 saturated carbocycles. The van der Waals surface area contributed by atoms with E-state index in [9.17, 15) is 8.42 Å². The monoisotopic (exact) mass is 354 g/mol. The highest BCUT2D eigenvalue weighted by molar-refractivity contribution is 7.89. The highest BCUT2D eigenvalue weighted by atomic mass is 32.2. The summed E-state index contributed by atoms with van der Waals surface area (Å²) >= 11 is 0. The van der Waals surface area contributed by atoms with Crippen molar-refractivity contribution in [3.05, 3.63) is 77.6 Å². The van der Waals surface area contributed by atoms with E-state index in [1.807, 2.05) is 48.9 Å². The first-order valence-electron chi connectivity index (χ1n) is 7.70. The average molecular weight is 354 g/mol. The van der Waals surface area contributed by atoms with Crippen LogP contribution in [0.2, 0.25) is 0 Å². The lowest BCUT2D eigenvalue weighted by molar-refractivity contribution is 0.584. The summed E-state index contributed by atoms with van der Waals surface area (Å²) in [5.41, 5.74) is 3.36. The normalized spacial score (nSPS) is 11.8. The Kier molecular flexibility index (Phi) is 4.67. The first-order valence-corrected chi connectivity index (χ1v) is 9.19. The van der Waals surface area contributed by atoms with E-state index in [-0.39, 0.29) is 4.90 Å². The molecule has 25 heavy (non-hydrogen) atoms. The van der Waals surface area contributed by atoms with Crippen LogP contribution in [0.4, 0.5) is 0 Å². The third kappa shape index (κ3) is 3.61. The lowest BCUT2D eigenvalue weighted by atomic mass is 10.2. The molecule has 3 aromatic rings. The SMILES string of the molecule is Cc1nn(-c2ccccc2)c(C)c1/C=N/NS(=O)(=O)c1ccccc1. The van der Waals surface area contributed by atoms with Gasteiger partial charge < -0.3 is 0 Å². The van der Waals surface area contributed by atoms with Crippen molar-refractivity contribution in [2.75, 3.05) is 0 Å². The van der Waals surface area contributed by atoms with E-state index < -0.39 is 10.0 Å². The quantitative estimate of drug-likeness (QED) is 0.565. The molecule has 0 fully saturated rings. The number of hydrogen-bond acceptors (Lipinski definition) is 4. The molecule has 2 aromatic carbocycles. The fourth-order valence-corrected chi connectivity index (χ4v) is 3.29. The second-order valence-electron chi connectivity index (χ2n) is 5.50. The molecule has 0 aliphatic rings. The molecule has 1 N–H and O–H groups in total. The van der Waals surface area contributed by atoms with Crippen LogP contribution < -0.4 is 4.83 Å². The third-order valence-corrected chi connectivity index (χ3v) is 5.01. The van der Waals surface area contributed by atoms with Crippen molar-refractivity contribution < 1.29 is 8.42 Å². The van der Waals surface area contributed by atoms with E-state index in [2.05, 4.69) is 15.0 Å². The summed E-state index contributed by atoms with van der Waals surface area (Å²) in [5, 5.41) is 8.40. The molecule has 7 heteroatoms. The number of nitrogens with one attached hydrogen (secondary N) is 1. The summed E-state index contributed by atoms with van der Waals surface area (Å²) in [5.74, 6) is 0. The van der Waals surface area contributed by atoms with E-state index in [1.165, 1.54) is 18.3 Å². The standard InChI is InChI=1S/C18H18N4O2S/c1-14-18(15(2)22(20-14)16-9-5-3-6-10-16)13-19-21-25(23,24)17-11-7-4-8-12-17/h3-13,21H,1-2H3/b19-13+. The Labute approximate surface area is 146 Å². The molecule has 0 atom stereocenters. The lowest BCUT2D eigenvalue weighted by Gasteiger charge is -2.04. The lowest BCUT2D eigenvalue weighted by Crippen LogP contribution is -2.18. The highest BCUT2D eigenvalue weighted by Crippen LogP contribution is 2.16. The van der Waals surface area contributed by atoms with Crippen LogP contribution in [0.1, 0.15) is 17.0 Å². The molecule has 0 amide bonds. The predicted molar refractivity (Wildman–Crippen MR) is 97.4 cm³/mol. The van der Waals surface area contributed by atoms with E-state index in [0.717, 1.165) is 22.6 Å². The zero-order chi connectivity index (χ0) is 17.9. The van der Waals surface area contributed by atoms with Gasteiger partial charge in [-0.05, 0) is 38.1 Å². The van der Waals surface area contributed by atoms with Crippen molar-refractivity contribution in [3.8, 4) is 5.69 Å². The summed E-state index contributed by atoms with van der Waals surface area (Å²) in [6, 6.07) is 17.8. The van der Waals surface area contributed by atoms with Crippen molar-refractivity contribution in [1.82, 2.24) is 14.6 Å². The number of aryl methyl sites for hydroxylation is 1. The van der Waals surface area contributed by atoms with Gasteiger partial charge in [0.05, 0.1) is 28.2 Å². The molecule has 1 aromatic heterocycles. The molecule has 3 rings (SSSR count). The van der Waals surface area contributed by atoms with Gasteiger partial charge in [0.1, 0.15) is 0 Å². The van der Waals surface area contributed by atoms with Crippen LogP contribution in [0, 0.1) is 13.8 Å². The summed E-state index contributed by atoms with van der Waals surface area (Å²) in [6.07, 6.45) is 1.48. The fourth-order valence-electron chi connectivity index (χ4n) is 2.47. The number of rotatable bonds is 5. The summed E-state index contributed by atoms with van der Waals surface area (Å²) in [7, 11) is -3.68. The van der Waals surface area contributed by atoms with Gasteiger partial charge in [0.2, 0.25) is 0 Å². The third-order valence-electron chi connectivity index (χ3n) is 3.77. The number of benzene rings is 2. The van der Waals surface area contributed by atoms with E-state index in [1.54, 1.807) is 18.2 Å². The maximum atomic E-state index is 12.2. The Morgan fingerprint density at radius 2 is 1.60 bits per heavy atom. The number of sulfonamides is 1. The second-order valence-corrected chi connectivity index (χ2v) is 7.16. The number of nitrogens with zero attached hydrogens (tertiary/aromatic N) is 3. The minimum Gasteiger partial charge on any atom is -0.237 e. The van der Waals surface area contributed by atoms with Gasteiger partial charge in [0.15, 0.2) is 0 Å². The zero-order valence-electron chi connectivity index (χ0n) is 13.9. The molecule has 0 bridgehead atoms. The van der Waals surface area contributed by atoms with Crippen LogP contribution in [-0.2, 0) is 10.0 Å². The Morgan fingerprint density at radius 3 is 2.24 bits per heavy atom. The van der Waals surface area contributed by atoms with Crippen LogP contribution in [0.3, 0.4) is 0 Å². The maximum absolute atomic E-state index is 12.2. The van der Waals surface area contributed by atoms with Crippen LogP contribution in [0.25, 0.3) is 5.69 Å².